The molecule has 2 rings (SSSR count). The first-order valence-electron chi connectivity index (χ1n) is 8.30. The van der Waals surface area contributed by atoms with Crippen LogP contribution in [0.4, 0.5) is 18.9 Å². The second-order valence-electron chi connectivity index (χ2n) is 6.04. The fourth-order valence-corrected chi connectivity index (χ4v) is 3.62. The number of anilines is 1. The summed E-state index contributed by atoms with van der Waals surface area (Å²) in [5.74, 6) is 1.54. The molecule has 26 heavy (non-hydrogen) atoms. The number of carbonyl (C=O) groups is 1. The SMILES string of the molecule is N#Cc1ccc(NCCCC[C@H](N)C(=O)N2CCSC2)c(C(F)(F)F)c1. The monoisotopic (exact) mass is 386 g/mol. The summed E-state index contributed by atoms with van der Waals surface area (Å²) >= 11 is 1.69. The molecule has 142 valence electrons. The molecule has 0 saturated carbocycles. The molecule has 1 fully saturated rings. The molecule has 1 aromatic rings. The minimum absolute atomic E-state index is 0.0348. The van der Waals surface area contributed by atoms with Crippen LogP contribution < -0.4 is 11.1 Å². The highest BCUT2D eigenvalue weighted by Gasteiger charge is 2.33. The third-order valence-electron chi connectivity index (χ3n) is 4.09. The van der Waals surface area contributed by atoms with E-state index in [1.165, 1.54) is 12.1 Å². The van der Waals surface area contributed by atoms with Crippen molar-refractivity contribution in [2.45, 2.75) is 31.5 Å². The molecule has 0 aliphatic carbocycles. The summed E-state index contributed by atoms with van der Waals surface area (Å²) in [6, 6.07) is 4.60. The number of benzene rings is 1. The van der Waals surface area contributed by atoms with Gasteiger partial charge in [-0.05, 0) is 37.5 Å². The van der Waals surface area contributed by atoms with Crippen molar-refractivity contribution in [1.82, 2.24) is 4.90 Å². The molecular formula is C17H21F3N4OS. The van der Waals surface area contributed by atoms with Gasteiger partial charge < -0.3 is 16.0 Å². The second kappa shape index (κ2) is 9.14. The van der Waals surface area contributed by atoms with Crippen LogP contribution in [0.5, 0.6) is 0 Å². The topological polar surface area (TPSA) is 82.1 Å². The highest BCUT2D eigenvalue weighted by Crippen LogP contribution is 2.35. The van der Waals surface area contributed by atoms with Crippen molar-refractivity contribution in [3.05, 3.63) is 29.3 Å². The van der Waals surface area contributed by atoms with Crippen molar-refractivity contribution >= 4 is 23.4 Å². The van der Waals surface area contributed by atoms with E-state index in [9.17, 15) is 18.0 Å². The van der Waals surface area contributed by atoms with Crippen LogP contribution in [-0.4, -0.2) is 41.6 Å². The Labute approximate surface area is 154 Å². The van der Waals surface area contributed by atoms with Crippen molar-refractivity contribution in [2.24, 2.45) is 5.73 Å². The van der Waals surface area contributed by atoms with Gasteiger partial charge in [-0.2, -0.15) is 18.4 Å². The van der Waals surface area contributed by atoms with Gasteiger partial charge in [-0.3, -0.25) is 4.79 Å². The van der Waals surface area contributed by atoms with Gasteiger partial charge in [0.05, 0.1) is 29.1 Å². The molecule has 0 unspecified atom stereocenters. The largest absolute Gasteiger partial charge is 0.418 e. The van der Waals surface area contributed by atoms with Crippen molar-refractivity contribution in [2.75, 3.05) is 30.0 Å². The minimum atomic E-state index is -4.53. The van der Waals surface area contributed by atoms with Crippen molar-refractivity contribution in [3.8, 4) is 6.07 Å². The molecular weight excluding hydrogens is 365 g/mol. The van der Waals surface area contributed by atoms with Crippen LogP contribution >= 0.6 is 11.8 Å². The molecule has 0 bridgehead atoms. The van der Waals surface area contributed by atoms with E-state index in [1.54, 1.807) is 22.7 Å². The average molecular weight is 386 g/mol. The van der Waals surface area contributed by atoms with Gasteiger partial charge in [-0.1, -0.05) is 0 Å². The van der Waals surface area contributed by atoms with Gasteiger partial charge in [0.25, 0.3) is 0 Å². The molecule has 0 radical (unpaired) electrons. The lowest BCUT2D eigenvalue weighted by atomic mass is 10.1. The maximum absolute atomic E-state index is 13.1. The first-order valence-corrected chi connectivity index (χ1v) is 9.45. The van der Waals surface area contributed by atoms with Crippen molar-refractivity contribution < 1.29 is 18.0 Å². The number of hydrogen-bond acceptors (Lipinski definition) is 5. The third-order valence-corrected chi connectivity index (χ3v) is 5.06. The van der Waals surface area contributed by atoms with E-state index in [2.05, 4.69) is 5.32 Å². The Morgan fingerprint density at radius 2 is 2.19 bits per heavy atom. The van der Waals surface area contributed by atoms with E-state index in [0.717, 1.165) is 18.4 Å². The van der Waals surface area contributed by atoms with E-state index >= 15 is 0 Å². The normalized spacial score (nSPS) is 15.6. The van der Waals surface area contributed by atoms with Crippen LogP contribution in [0.1, 0.15) is 30.4 Å². The van der Waals surface area contributed by atoms with E-state index in [1.807, 2.05) is 0 Å². The number of rotatable bonds is 7. The highest BCUT2D eigenvalue weighted by molar-refractivity contribution is 7.99. The van der Waals surface area contributed by atoms with Crippen LogP contribution in [0.25, 0.3) is 0 Å². The summed E-state index contributed by atoms with van der Waals surface area (Å²) in [6.07, 6.45) is -2.80. The number of unbranched alkanes of at least 4 members (excludes halogenated alkanes) is 1. The Morgan fingerprint density at radius 1 is 1.42 bits per heavy atom. The van der Waals surface area contributed by atoms with Gasteiger partial charge in [-0.25, -0.2) is 0 Å². The number of nitriles is 1. The number of halogens is 3. The summed E-state index contributed by atoms with van der Waals surface area (Å²) in [7, 11) is 0. The standard InChI is InChI=1S/C17H21F3N4OS/c18-17(19,20)13-9-12(10-21)4-5-15(13)23-6-2-1-3-14(22)16(25)24-7-8-26-11-24/h4-5,9,14,23H,1-3,6-8,11,22H2/t14-/m0/s1. The summed E-state index contributed by atoms with van der Waals surface area (Å²) in [5, 5.41) is 11.5. The fourth-order valence-electron chi connectivity index (χ4n) is 2.66. The van der Waals surface area contributed by atoms with Gasteiger partial charge in [0.1, 0.15) is 0 Å². The smallest absolute Gasteiger partial charge is 0.385 e. The predicted octanol–water partition coefficient (Wildman–Crippen LogP) is 3.02. The van der Waals surface area contributed by atoms with E-state index in [0.29, 0.717) is 31.7 Å². The molecule has 1 aliphatic heterocycles. The maximum Gasteiger partial charge on any atom is 0.418 e. The second-order valence-corrected chi connectivity index (χ2v) is 7.11. The van der Waals surface area contributed by atoms with E-state index < -0.39 is 17.8 Å². The summed E-state index contributed by atoms with van der Waals surface area (Å²) in [4.78, 5) is 13.8. The molecule has 1 saturated heterocycles. The number of amides is 1. The summed E-state index contributed by atoms with van der Waals surface area (Å²) < 4.78 is 39.2. The van der Waals surface area contributed by atoms with Crippen molar-refractivity contribution in [3.63, 3.8) is 0 Å². The predicted molar refractivity (Wildman–Crippen MR) is 95.5 cm³/mol. The van der Waals surface area contributed by atoms with Crippen molar-refractivity contribution in [1.29, 1.82) is 5.26 Å². The van der Waals surface area contributed by atoms with Gasteiger partial charge in [0.15, 0.2) is 0 Å². The fraction of sp³-hybridized carbons (Fsp3) is 0.529. The molecule has 1 heterocycles. The average Bonchev–Trinajstić information content (AvgIpc) is 3.14. The number of nitrogens with two attached hydrogens (primary N) is 1. The lowest BCUT2D eigenvalue weighted by Crippen LogP contribution is -2.42. The Hall–Kier alpha value is -1.92. The van der Waals surface area contributed by atoms with Gasteiger partial charge in [0.2, 0.25) is 5.91 Å². The number of hydrogen-bond donors (Lipinski definition) is 2. The molecule has 1 atom stereocenters. The van der Waals surface area contributed by atoms with E-state index in [-0.39, 0.29) is 17.2 Å². The number of carbonyl (C=O) groups excluding carboxylic acids is 1. The van der Waals surface area contributed by atoms with Gasteiger partial charge >= 0.3 is 6.18 Å². The van der Waals surface area contributed by atoms with Crippen LogP contribution in [0.3, 0.4) is 0 Å². The number of alkyl halides is 3. The number of thioether (sulfide) groups is 1. The zero-order valence-electron chi connectivity index (χ0n) is 14.2. The molecule has 5 nitrogen and oxygen atoms in total. The number of nitrogens with zero attached hydrogens (tertiary/aromatic N) is 2. The first-order chi connectivity index (χ1) is 12.3. The first kappa shape index (κ1) is 20.4. The Bertz CT molecular complexity index is 669. The molecule has 3 N–H and O–H groups in total. The summed E-state index contributed by atoms with van der Waals surface area (Å²) in [6.45, 7) is 1.05. The lowest BCUT2D eigenvalue weighted by Gasteiger charge is -2.19. The highest BCUT2D eigenvalue weighted by atomic mass is 32.2. The molecule has 0 aromatic heterocycles. The lowest BCUT2D eigenvalue weighted by molar-refractivity contribution is -0.137. The Kier molecular flexibility index (Phi) is 7.17. The third kappa shape index (κ3) is 5.54. The Morgan fingerprint density at radius 3 is 2.81 bits per heavy atom. The Balaban J connectivity index is 1.79. The van der Waals surface area contributed by atoms with Crippen LogP contribution in [0, 0.1) is 11.3 Å². The van der Waals surface area contributed by atoms with Crippen LogP contribution in [0.2, 0.25) is 0 Å². The molecule has 0 spiro atoms. The summed E-state index contributed by atoms with van der Waals surface area (Å²) in [5.41, 5.74) is 4.97. The molecule has 1 aliphatic rings. The van der Waals surface area contributed by atoms with Gasteiger partial charge in [0, 0.05) is 24.5 Å². The zero-order valence-corrected chi connectivity index (χ0v) is 15.0. The molecule has 1 amide bonds. The quantitative estimate of drug-likeness (QED) is 0.704. The van der Waals surface area contributed by atoms with Crippen LogP contribution in [0.15, 0.2) is 18.2 Å². The van der Waals surface area contributed by atoms with E-state index in [4.69, 9.17) is 11.0 Å². The maximum atomic E-state index is 13.1. The zero-order chi connectivity index (χ0) is 19.2. The van der Waals surface area contributed by atoms with Gasteiger partial charge in [-0.15, -0.1) is 11.8 Å². The van der Waals surface area contributed by atoms with Crippen LogP contribution in [-0.2, 0) is 11.0 Å². The molecule has 9 heteroatoms. The minimum Gasteiger partial charge on any atom is -0.385 e. The molecule has 1 aromatic carbocycles. The number of nitrogens with one attached hydrogen (secondary N) is 1.